The number of alkyl halides is 3. The molecule has 3 aliphatic heterocycles. The zero-order valence-corrected chi connectivity index (χ0v) is 16.8. The maximum atomic E-state index is 13.1. The molecule has 2 fully saturated rings. The first-order chi connectivity index (χ1) is 15.2. The van der Waals surface area contributed by atoms with E-state index < -0.39 is 30.3 Å². The smallest absolute Gasteiger partial charge is 0.452 e. The standard InChI is InChI=1S/C23H19F3N2O4/c24-23(25,26)21(29)28-13-8-9-14(28)11-12(10-13)19-15-4-1-2-6-17(15)31-20-16(19)5-3-7-18(20)32-22(27)30/h1-7,13-14H,8-11H2,(H2,27,30). The van der Waals surface area contributed by atoms with Crippen LogP contribution < -0.4 is 15.2 Å². The Kier molecular flexibility index (Phi) is 4.65. The lowest BCUT2D eigenvalue weighted by molar-refractivity contribution is -0.189. The summed E-state index contributed by atoms with van der Waals surface area (Å²) in [7, 11) is 0. The number of para-hydroxylation sites is 2. The topological polar surface area (TPSA) is 81.9 Å². The third kappa shape index (κ3) is 3.28. The predicted molar refractivity (Wildman–Crippen MR) is 108 cm³/mol. The Morgan fingerprint density at radius 2 is 1.66 bits per heavy atom. The van der Waals surface area contributed by atoms with Gasteiger partial charge in [0.25, 0.3) is 0 Å². The van der Waals surface area contributed by atoms with Gasteiger partial charge in [0.15, 0.2) is 11.5 Å². The van der Waals surface area contributed by atoms with Crippen LogP contribution in [0.3, 0.4) is 0 Å². The number of hydrogen-bond acceptors (Lipinski definition) is 4. The molecule has 0 saturated carbocycles. The molecule has 166 valence electrons. The molecule has 0 aromatic heterocycles. The highest BCUT2D eigenvalue weighted by atomic mass is 19.4. The zero-order chi connectivity index (χ0) is 22.6. The van der Waals surface area contributed by atoms with Gasteiger partial charge in [0.05, 0.1) is 0 Å². The highest BCUT2D eigenvalue weighted by molar-refractivity contribution is 5.92. The van der Waals surface area contributed by atoms with Crippen LogP contribution in [0, 0.1) is 0 Å². The number of fused-ring (bicyclic) bond motifs is 4. The zero-order valence-electron chi connectivity index (χ0n) is 16.8. The van der Waals surface area contributed by atoms with Gasteiger partial charge >= 0.3 is 18.2 Å². The molecule has 9 heteroatoms. The van der Waals surface area contributed by atoms with Crippen molar-refractivity contribution in [2.75, 3.05) is 0 Å². The second kappa shape index (κ2) is 7.29. The summed E-state index contributed by atoms with van der Waals surface area (Å²) in [5.74, 6) is -0.730. The Morgan fingerprint density at radius 3 is 2.31 bits per heavy atom. The SMILES string of the molecule is NC(=O)Oc1cccc2c1Oc1ccccc1C2=C1CC2CCC(C1)N2C(=O)C(F)(F)F. The number of ether oxygens (including phenoxy) is 2. The fourth-order valence-electron chi connectivity index (χ4n) is 5.10. The van der Waals surface area contributed by atoms with Gasteiger partial charge in [0.1, 0.15) is 5.75 Å². The number of nitrogens with two attached hydrogens (primary N) is 1. The summed E-state index contributed by atoms with van der Waals surface area (Å²) >= 11 is 0. The highest BCUT2D eigenvalue weighted by Crippen LogP contribution is 2.52. The Balaban J connectivity index is 1.62. The number of halogens is 3. The van der Waals surface area contributed by atoms with E-state index in [1.54, 1.807) is 24.3 Å². The Hall–Kier alpha value is -3.49. The molecule has 5 rings (SSSR count). The number of benzene rings is 2. The number of amides is 2. The van der Waals surface area contributed by atoms with Gasteiger partial charge < -0.3 is 20.1 Å². The molecule has 2 aromatic rings. The van der Waals surface area contributed by atoms with Gasteiger partial charge in [-0.2, -0.15) is 13.2 Å². The van der Waals surface area contributed by atoms with Crippen molar-refractivity contribution in [2.45, 2.75) is 43.9 Å². The third-order valence-corrected chi connectivity index (χ3v) is 6.24. The predicted octanol–water partition coefficient (Wildman–Crippen LogP) is 4.77. The van der Waals surface area contributed by atoms with Crippen LogP contribution in [0.5, 0.6) is 17.2 Å². The molecule has 2 bridgehead atoms. The second-order valence-corrected chi connectivity index (χ2v) is 8.13. The van der Waals surface area contributed by atoms with Crippen LogP contribution in [0.4, 0.5) is 18.0 Å². The fourth-order valence-corrected chi connectivity index (χ4v) is 5.10. The van der Waals surface area contributed by atoms with Crippen LogP contribution in [0.2, 0.25) is 0 Å². The van der Waals surface area contributed by atoms with Crippen molar-refractivity contribution in [3.05, 3.63) is 59.2 Å². The summed E-state index contributed by atoms with van der Waals surface area (Å²) in [6.07, 6.45) is -4.14. The van der Waals surface area contributed by atoms with Crippen molar-refractivity contribution in [3.63, 3.8) is 0 Å². The van der Waals surface area contributed by atoms with Gasteiger partial charge in [-0.25, -0.2) is 4.79 Å². The van der Waals surface area contributed by atoms with Crippen LogP contribution in [-0.4, -0.2) is 35.2 Å². The van der Waals surface area contributed by atoms with E-state index in [4.69, 9.17) is 15.2 Å². The number of nitrogens with zero attached hydrogens (tertiary/aromatic N) is 1. The number of hydrogen-bond donors (Lipinski definition) is 1. The summed E-state index contributed by atoms with van der Waals surface area (Å²) in [5, 5.41) is 0. The molecule has 3 aliphatic rings. The summed E-state index contributed by atoms with van der Waals surface area (Å²) < 4.78 is 50.5. The quantitative estimate of drug-likeness (QED) is 0.586. The Morgan fingerprint density at radius 1 is 1.00 bits per heavy atom. The minimum Gasteiger partial charge on any atom is -0.452 e. The van der Waals surface area contributed by atoms with Gasteiger partial charge in [-0.15, -0.1) is 0 Å². The maximum absolute atomic E-state index is 13.1. The first-order valence-electron chi connectivity index (χ1n) is 10.2. The first kappa shape index (κ1) is 20.4. The summed E-state index contributed by atoms with van der Waals surface area (Å²) in [6.45, 7) is 0. The van der Waals surface area contributed by atoms with Crippen molar-refractivity contribution < 1.29 is 32.2 Å². The monoisotopic (exact) mass is 444 g/mol. The van der Waals surface area contributed by atoms with E-state index >= 15 is 0 Å². The summed E-state index contributed by atoms with van der Waals surface area (Å²) in [6, 6.07) is 11.4. The number of carbonyl (C=O) groups excluding carboxylic acids is 2. The minimum atomic E-state index is -4.88. The van der Waals surface area contributed by atoms with Gasteiger partial charge in [-0.1, -0.05) is 35.9 Å². The van der Waals surface area contributed by atoms with Crippen molar-refractivity contribution in [1.82, 2.24) is 4.90 Å². The highest BCUT2D eigenvalue weighted by Gasteiger charge is 2.51. The molecule has 2 saturated heterocycles. The van der Waals surface area contributed by atoms with E-state index in [9.17, 15) is 22.8 Å². The van der Waals surface area contributed by atoms with E-state index in [1.807, 2.05) is 18.2 Å². The molecular formula is C23H19F3N2O4. The Bertz CT molecular complexity index is 1140. The molecule has 6 nitrogen and oxygen atoms in total. The molecule has 0 spiro atoms. The van der Waals surface area contributed by atoms with E-state index in [0.717, 1.165) is 21.6 Å². The Labute approximate surface area is 181 Å². The lowest BCUT2D eigenvalue weighted by Crippen LogP contribution is -2.50. The van der Waals surface area contributed by atoms with Crippen LogP contribution in [0.25, 0.3) is 5.57 Å². The maximum Gasteiger partial charge on any atom is 0.471 e. The molecular weight excluding hydrogens is 425 g/mol. The summed E-state index contributed by atoms with van der Waals surface area (Å²) in [5.41, 5.74) is 8.47. The van der Waals surface area contributed by atoms with Crippen LogP contribution in [0.15, 0.2) is 48.0 Å². The van der Waals surface area contributed by atoms with E-state index in [0.29, 0.717) is 42.7 Å². The molecule has 2 amide bonds. The van der Waals surface area contributed by atoms with Gasteiger partial charge in [-0.05, 0) is 43.4 Å². The van der Waals surface area contributed by atoms with E-state index in [-0.39, 0.29) is 5.75 Å². The van der Waals surface area contributed by atoms with Crippen molar-refractivity contribution in [1.29, 1.82) is 0 Å². The summed E-state index contributed by atoms with van der Waals surface area (Å²) in [4.78, 5) is 24.4. The normalized spacial score (nSPS) is 21.5. The van der Waals surface area contributed by atoms with Crippen LogP contribution in [0.1, 0.15) is 36.8 Å². The lowest BCUT2D eigenvalue weighted by Gasteiger charge is -2.38. The minimum absolute atomic E-state index is 0.162. The first-order valence-corrected chi connectivity index (χ1v) is 10.2. The molecule has 2 aromatic carbocycles. The van der Waals surface area contributed by atoms with Crippen LogP contribution >= 0.6 is 0 Å². The number of rotatable bonds is 1. The second-order valence-electron chi connectivity index (χ2n) is 8.13. The molecule has 0 radical (unpaired) electrons. The molecule has 2 unspecified atom stereocenters. The molecule has 32 heavy (non-hydrogen) atoms. The fraction of sp³-hybridized carbons (Fsp3) is 0.304. The molecule has 2 N–H and O–H groups in total. The van der Waals surface area contributed by atoms with Crippen molar-refractivity contribution in [3.8, 4) is 17.2 Å². The molecule has 0 aliphatic carbocycles. The third-order valence-electron chi connectivity index (χ3n) is 6.24. The van der Waals surface area contributed by atoms with Gasteiger partial charge in [0, 0.05) is 23.2 Å². The van der Waals surface area contributed by atoms with Crippen LogP contribution in [-0.2, 0) is 4.79 Å². The van der Waals surface area contributed by atoms with E-state index in [2.05, 4.69) is 0 Å². The average molecular weight is 444 g/mol. The van der Waals surface area contributed by atoms with E-state index in [1.165, 1.54) is 0 Å². The lowest BCUT2D eigenvalue weighted by atomic mass is 9.84. The number of piperidine rings is 1. The average Bonchev–Trinajstić information content (AvgIpc) is 2.99. The molecule has 3 heterocycles. The number of carbonyl (C=O) groups is 2. The number of primary amides is 1. The van der Waals surface area contributed by atoms with Gasteiger partial charge in [0.2, 0.25) is 0 Å². The largest absolute Gasteiger partial charge is 0.471 e. The van der Waals surface area contributed by atoms with Crippen molar-refractivity contribution >= 4 is 17.6 Å². The van der Waals surface area contributed by atoms with Gasteiger partial charge in [-0.3, -0.25) is 4.79 Å². The molecule has 2 atom stereocenters. The van der Waals surface area contributed by atoms with Crippen molar-refractivity contribution in [2.24, 2.45) is 5.73 Å².